The van der Waals surface area contributed by atoms with Crippen molar-refractivity contribution in [3.63, 3.8) is 0 Å². The molecule has 8 nitrogen and oxygen atoms in total. The van der Waals surface area contributed by atoms with E-state index in [1.54, 1.807) is 30.5 Å². The predicted molar refractivity (Wildman–Crippen MR) is 125 cm³/mol. The molecule has 0 atom stereocenters. The van der Waals surface area contributed by atoms with Gasteiger partial charge in [-0.15, -0.1) is 0 Å². The third-order valence-corrected chi connectivity index (χ3v) is 6.54. The number of fused-ring (bicyclic) bond motifs is 1. The van der Waals surface area contributed by atoms with Gasteiger partial charge in [-0.2, -0.15) is 0 Å². The van der Waals surface area contributed by atoms with Crippen LogP contribution in [0, 0.1) is 0 Å². The number of piperidine rings is 1. The van der Waals surface area contributed by atoms with Crippen molar-refractivity contribution in [2.75, 3.05) is 26.3 Å². The van der Waals surface area contributed by atoms with Crippen LogP contribution < -0.4 is 4.74 Å². The van der Waals surface area contributed by atoms with E-state index in [0.29, 0.717) is 17.7 Å². The number of nitrogens with zero attached hydrogens (tertiary/aromatic N) is 4. The van der Waals surface area contributed by atoms with Crippen LogP contribution >= 0.6 is 0 Å². The van der Waals surface area contributed by atoms with Crippen LogP contribution in [0.2, 0.25) is 0 Å². The van der Waals surface area contributed by atoms with E-state index in [1.807, 2.05) is 29.0 Å². The highest BCUT2D eigenvalue weighted by atomic mass is 16.5. The van der Waals surface area contributed by atoms with Crippen LogP contribution in [0.25, 0.3) is 0 Å². The zero-order chi connectivity index (χ0) is 23.5. The summed E-state index contributed by atoms with van der Waals surface area (Å²) in [5, 5.41) is 8.95. The number of carbonyl (C=O) groups is 2. The van der Waals surface area contributed by atoms with E-state index in [2.05, 4.69) is 16.0 Å². The maximum atomic E-state index is 12.8. The van der Waals surface area contributed by atoms with Gasteiger partial charge in [0.1, 0.15) is 24.8 Å². The standard InChI is InChI=1S/C26H28N4O4/c31-14-15-34-21-5-3-4-19(16-21)17-28-11-8-20(9-12-28)24-27-10-13-29(24)18-30-25(32)22-6-1-2-7-23(22)26(30)33/h1-7,10,13,16,20,31H,8-9,11-12,14-15,17-18H2. The molecule has 3 heterocycles. The first kappa shape index (κ1) is 22.3. The first-order valence-corrected chi connectivity index (χ1v) is 11.7. The minimum Gasteiger partial charge on any atom is -0.491 e. The number of hydrogen-bond acceptors (Lipinski definition) is 6. The van der Waals surface area contributed by atoms with Crippen molar-refractivity contribution in [3.8, 4) is 5.75 Å². The predicted octanol–water partition coefficient (Wildman–Crippen LogP) is 2.89. The van der Waals surface area contributed by atoms with Crippen molar-refractivity contribution in [1.29, 1.82) is 0 Å². The lowest BCUT2D eigenvalue weighted by molar-refractivity contribution is 0.0602. The molecule has 8 heteroatoms. The van der Waals surface area contributed by atoms with Crippen molar-refractivity contribution < 1.29 is 19.4 Å². The lowest BCUT2D eigenvalue weighted by Gasteiger charge is -2.32. The van der Waals surface area contributed by atoms with Crippen LogP contribution in [0.3, 0.4) is 0 Å². The third kappa shape index (κ3) is 4.47. The van der Waals surface area contributed by atoms with Crippen LogP contribution in [0.5, 0.6) is 5.75 Å². The van der Waals surface area contributed by atoms with Crippen LogP contribution in [0.1, 0.15) is 50.9 Å². The number of benzene rings is 2. The molecule has 1 fully saturated rings. The Balaban J connectivity index is 1.20. The Morgan fingerprint density at radius 2 is 1.74 bits per heavy atom. The summed E-state index contributed by atoms with van der Waals surface area (Å²) in [6.07, 6.45) is 5.51. The lowest BCUT2D eigenvalue weighted by Crippen LogP contribution is -2.35. The average molecular weight is 461 g/mol. The molecule has 2 aliphatic rings. The Bertz CT molecular complexity index is 1150. The quantitative estimate of drug-likeness (QED) is 0.520. The summed E-state index contributed by atoms with van der Waals surface area (Å²) in [6.45, 7) is 3.19. The molecular weight excluding hydrogens is 432 g/mol. The molecule has 2 aromatic carbocycles. The topological polar surface area (TPSA) is 87.9 Å². The number of aliphatic hydroxyl groups excluding tert-OH is 1. The maximum absolute atomic E-state index is 12.8. The number of rotatable bonds is 8. The molecule has 34 heavy (non-hydrogen) atoms. The highest BCUT2D eigenvalue weighted by Crippen LogP contribution is 2.29. The highest BCUT2D eigenvalue weighted by molar-refractivity contribution is 6.21. The largest absolute Gasteiger partial charge is 0.491 e. The van der Waals surface area contributed by atoms with E-state index < -0.39 is 0 Å². The van der Waals surface area contributed by atoms with Gasteiger partial charge in [-0.1, -0.05) is 24.3 Å². The van der Waals surface area contributed by atoms with Crippen LogP contribution in [0.4, 0.5) is 0 Å². The van der Waals surface area contributed by atoms with Gasteiger partial charge in [-0.25, -0.2) is 4.98 Å². The number of ether oxygens (including phenoxy) is 1. The summed E-state index contributed by atoms with van der Waals surface area (Å²) in [5.74, 6) is 1.48. The van der Waals surface area contributed by atoms with Gasteiger partial charge in [0.2, 0.25) is 0 Å². The summed E-state index contributed by atoms with van der Waals surface area (Å²) >= 11 is 0. The van der Waals surface area contributed by atoms with Gasteiger partial charge in [-0.3, -0.25) is 19.4 Å². The fourth-order valence-corrected chi connectivity index (χ4v) is 4.82. The van der Waals surface area contributed by atoms with Crippen LogP contribution in [-0.4, -0.2) is 62.6 Å². The molecule has 0 spiro atoms. The number of hydrogen-bond donors (Lipinski definition) is 1. The molecule has 2 aliphatic heterocycles. The van der Waals surface area contributed by atoms with Crippen molar-refractivity contribution in [3.05, 3.63) is 83.4 Å². The molecule has 0 radical (unpaired) electrons. The van der Waals surface area contributed by atoms with E-state index in [4.69, 9.17) is 9.84 Å². The molecular formula is C26H28N4O4. The number of likely N-dealkylation sites (tertiary alicyclic amines) is 1. The fraction of sp³-hybridized carbons (Fsp3) is 0.346. The van der Waals surface area contributed by atoms with Gasteiger partial charge in [0.15, 0.2) is 0 Å². The van der Waals surface area contributed by atoms with E-state index in [0.717, 1.165) is 44.0 Å². The SMILES string of the molecule is O=C1c2ccccc2C(=O)N1Cn1ccnc1C1CCN(Cc2cccc(OCCO)c2)CC1. The normalized spacial score (nSPS) is 16.8. The molecule has 0 unspecified atom stereocenters. The molecule has 1 N–H and O–H groups in total. The fourth-order valence-electron chi connectivity index (χ4n) is 4.82. The summed E-state index contributed by atoms with van der Waals surface area (Å²) in [6, 6.07) is 15.0. The van der Waals surface area contributed by atoms with Crippen molar-refractivity contribution >= 4 is 11.8 Å². The highest BCUT2D eigenvalue weighted by Gasteiger charge is 2.36. The summed E-state index contributed by atoms with van der Waals surface area (Å²) < 4.78 is 7.46. The van der Waals surface area contributed by atoms with Crippen molar-refractivity contribution in [1.82, 2.24) is 19.4 Å². The van der Waals surface area contributed by atoms with Crippen LogP contribution in [0.15, 0.2) is 60.9 Å². The van der Waals surface area contributed by atoms with Gasteiger partial charge in [0.25, 0.3) is 11.8 Å². The minimum atomic E-state index is -0.250. The molecule has 3 aromatic rings. The second kappa shape index (κ2) is 9.79. The molecule has 1 aromatic heterocycles. The molecule has 0 saturated carbocycles. The summed E-state index contributed by atoms with van der Waals surface area (Å²) in [5.41, 5.74) is 2.11. The van der Waals surface area contributed by atoms with Gasteiger partial charge >= 0.3 is 0 Å². The smallest absolute Gasteiger partial charge is 0.263 e. The number of imide groups is 1. The second-order valence-electron chi connectivity index (χ2n) is 8.75. The Hall–Kier alpha value is -3.49. The first-order valence-electron chi connectivity index (χ1n) is 11.7. The molecule has 0 bridgehead atoms. The summed E-state index contributed by atoms with van der Waals surface area (Å²) in [7, 11) is 0. The van der Waals surface area contributed by atoms with Gasteiger partial charge in [0, 0.05) is 24.9 Å². The summed E-state index contributed by atoms with van der Waals surface area (Å²) in [4.78, 5) is 33.8. The Labute approximate surface area is 198 Å². The van der Waals surface area contributed by atoms with E-state index in [9.17, 15) is 9.59 Å². The zero-order valence-corrected chi connectivity index (χ0v) is 19.0. The average Bonchev–Trinajstić information content (AvgIpc) is 3.43. The van der Waals surface area contributed by atoms with Crippen molar-refractivity contribution in [2.45, 2.75) is 32.0 Å². The maximum Gasteiger partial charge on any atom is 0.263 e. The number of aromatic nitrogens is 2. The number of carbonyl (C=O) groups excluding carboxylic acids is 2. The zero-order valence-electron chi connectivity index (χ0n) is 19.0. The van der Waals surface area contributed by atoms with Gasteiger partial charge in [0.05, 0.1) is 17.7 Å². The molecule has 0 aliphatic carbocycles. The number of imidazole rings is 1. The number of amides is 2. The van der Waals surface area contributed by atoms with E-state index in [1.165, 1.54) is 10.5 Å². The molecule has 5 rings (SSSR count). The van der Waals surface area contributed by atoms with E-state index >= 15 is 0 Å². The number of aliphatic hydroxyl groups is 1. The molecule has 2 amide bonds. The second-order valence-corrected chi connectivity index (χ2v) is 8.75. The first-order chi connectivity index (χ1) is 16.6. The van der Waals surface area contributed by atoms with E-state index in [-0.39, 0.29) is 31.0 Å². The Morgan fingerprint density at radius 1 is 1.00 bits per heavy atom. The third-order valence-electron chi connectivity index (χ3n) is 6.54. The Morgan fingerprint density at radius 3 is 2.44 bits per heavy atom. The monoisotopic (exact) mass is 460 g/mol. The lowest BCUT2D eigenvalue weighted by atomic mass is 9.95. The van der Waals surface area contributed by atoms with Crippen LogP contribution in [-0.2, 0) is 13.2 Å². The van der Waals surface area contributed by atoms with Gasteiger partial charge < -0.3 is 14.4 Å². The van der Waals surface area contributed by atoms with Gasteiger partial charge in [-0.05, 0) is 55.8 Å². The molecule has 176 valence electrons. The molecule has 1 saturated heterocycles. The minimum absolute atomic E-state index is 0.000513. The van der Waals surface area contributed by atoms with Crippen molar-refractivity contribution in [2.24, 2.45) is 0 Å². The Kier molecular flexibility index (Phi) is 6.42.